The van der Waals surface area contributed by atoms with Crippen LogP contribution in [0.3, 0.4) is 0 Å². The Labute approximate surface area is 149 Å². The average molecular weight is 345 g/mol. The van der Waals surface area contributed by atoms with Crippen LogP contribution in [0.25, 0.3) is 6.08 Å². The molecule has 0 atom stereocenters. The smallest absolute Gasteiger partial charge is 0.267 e. The van der Waals surface area contributed by atoms with Crippen LogP contribution < -0.4 is 10.4 Å². The van der Waals surface area contributed by atoms with Crippen LogP contribution in [0.1, 0.15) is 32.3 Å². The van der Waals surface area contributed by atoms with Crippen LogP contribution in [0.4, 0.5) is 5.69 Å². The standard InChI is InChI=1S/C19H27N3O3/c1-15(2)7-10-19(24)22-13-11-21(12-14-22)17-6-4-3-5-16(17)8-9-18(23)20-25/h3-6,8-9,15,25H,7,10-14H2,1-2H3,(H,20,23). The van der Waals surface area contributed by atoms with Gasteiger partial charge in [0.25, 0.3) is 5.91 Å². The Kier molecular flexibility index (Phi) is 7.01. The quantitative estimate of drug-likeness (QED) is 0.471. The van der Waals surface area contributed by atoms with Crippen molar-refractivity contribution in [3.63, 3.8) is 0 Å². The summed E-state index contributed by atoms with van der Waals surface area (Å²) in [5, 5.41) is 8.59. The third-order valence-electron chi connectivity index (χ3n) is 4.37. The van der Waals surface area contributed by atoms with E-state index in [4.69, 9.17) is 5.21 Å². The van der Waals surface area contributed by atoms with Gasteiger partial charge >= 0.3 is 0 Å². The van der Waals surface area contributed by atoms with Crippen LogP contribution in [0.5, 0.6) is 0 Å². The monoisotopic (exact) mass is 345 g/mol. The third-order valence-corrected chi connectivity index (χ3v) is 4.37. The maximum atomic E-state index is 12.3. The Balaban J connectivity index is 1.98. The summed E-state index contributed by atoms with van der Waals surface area (Å²) in [5.41, 5.74) is 3.52. The fraction of sp³-hybridized carbons (Fsp3) is 0.474. The minimum atomic E-state index is -0.560. The Bertz CT molecular complexity index is 620. The van der Waals surface area contributed by atoms with E-state index in [1.165, 1.54) is 6.08 Å². The number of hydrogen-bond donors (Lipinski definition) is 2. The van der Waals surface area contributed by atoms with Crippen molar-refractivity contribution >= 4 is 23.6 Å². The predicted octanol–water partition coefficient (Wildman–Crippen LogP) is 2.29. The number of carbonyl (C=O) groups is 2. The summed E-state index contributed by atoms with van der Waals surface area (Å²) >= 11 is 0. The van der Waals surface area contributed by atoms with E-state index < -0.39 is 5.91 Å². The van der Waals surface area contributed by atoms with E-state index in [0.29, 0.717) is 25.4 Å². The van der Waals surface area contributed by atoms with E-state index >= 15 is 0 Å². The molecular formula is C19H27N3O3. The van der Waals surface area contributed by atoms with Crippen LogP contribution in [-0.2, 0) is 9.59 Å². The SMILES string of the molecule is CC(C)CCC(=O)N1CCN(c2ccccc2C=CC(=O)NO)CC1. The number of anilines is 1. The summed E-state index contributed by atoms with van der Waals surface area (Å²) in [6, 6.07) is 7.80. The number of hydroxylamine groups is 1. The summed E-state index contributed by atoms with van der Waals surface area (Å²) in [4.78, 5) is 27.6. The molecule has 1 heterocycles. The van der Waals surface area contributed by atoms with Crippen molar-refractivity contribution in [1.29, 1.82) is 0 Å². The van der Waals surface area contributed by atoms with Crippen LogP contribution >= 0.6 is 0 Å². The van der Waals surface area contributed by atoms with Crippen molar-refractivity contribution in [3.05, 3.63) is 35.9 Å². The van der Waals surface area contributed by atoms with Gasteiger partial charge in [0.1, 0.15) is 0 Å². The van der Waals surface area contributed by atoms with E-state index in [-0.39, 0.29) is 5.91 Å². The summed E-state index contributed by atoms with van der Waals surface area (Å²) in [7, 11) is 0. The van der Waals surface area contributed by atoms with Crippen LogP contribution in [0.2, 0.25) is 0 Å². The van der Waals surface area contributed by atoms with Crippen LogP contribution in [0.15, 0.2) is 30.3 Å². The van der Waals surface area contributed by atoms with Crippen molar-refractivity contribution in [1.82, 2.24) is 10.4 Å². The van der Waals surface area contributed by atoms with Gasteiger partial charge in [0.05, 0.1) is 0 Å². The van der Waals surface area contributed by atoms with Gasteiger partial charge in [-0.05, 0) is 30.0 Å². The molecule has 0 aromatic heterocycles. The molecule has 0 radical (unpaired) electrons. The molecule has 0 bridgehead atoms. The molecule has 1 aromatic carbocycles. The molecule has 0 unspecified atom stereocenters. The van der Waals surface area contributed by atoms with Gasteiger partial charge in [0, 0.05) is 44.4 Å². The molecule has 0 aliphatic carbocycles. The Hall–Kier alpha value is -2.34. The van der Waals surface area contributed by atoms with Gasteiger partial charge in [-0.1, -0.05) is 32.0 Å². The van der Waals surface area contributed by atoms with Gasteiger partial charge in [-0.3, -0.25) is 14.8 Å². The third kappa shape index (κ3) is 5.60. The van der Waals surface area contributed by atoms with E-state index in [9.17, 15) is 9.59 Å². The molecule has 136 valence electrons. The highest BCUT2D eigenvalue weighted by Crippen LogP contribution is 2.23. The second-order valence-corrected chi connectivity index (χ2v) is 6.67. The Morgan fingerprint density at radius 3 is 2.52 bits per heavy atom. The van der Waals surface area contributed by atoms with Crippen LogP contribution in [-0.4, -0.2) is 48.1 Å². The van der Waals surface area contributed by atoms with Gasteiger partial charge in [-0.15, -0.1) is 0 Å². The average Bonchev–Trinajstić information content (AvgIpc) is 2.64. The highest BCUT2D eigenvalue weighted by Gasteiger charge is 2.22. The molecule has 6 nitrogen and oxygen atoms in total. The normalized spacial score (nSPS) is 15.0. The highest BCUT2D eigenvalue weighted by molar-refractivity contribution is 5.91. The molecule has 1 aromatic rings. The van der Waals surface area contributed by atoms with Gasteiger partial charge in [0.15, 0.2) is 0 Å². The van der Waals surface area contributed by atoms with Crippen molar-refractivity contribution < 1.29 is 14.8 Å². The van der Waals surface area contributed by atoms with E-state index in [0.717, 1.165) is 30.8 Å². The van der Waals surface area contributed by atoms with E-state index in [2.05, 4.69) is 18.7 Å². The lowest BCUT2D eigenvalue weighted by molar-refractivity contribution is -0.131. The van der Waals surface area contributed by atoms with Crippen molar-refractivity contribution in [2.75, 3.05) is 31.1 Å². The zero-order valence-electron chi connectivity index (χ0n) is 14.9. The number of carbonyl (C=O) groups excluding carboxylic acids is 2. The first-order valence-electron chi connectivity index (χ1n) is 8.75. The summed E-state index contributed by atoms with van der Waals surface area (Å²) in [6.07, 6.45) is 4.53. The van der Waals surface area contributed by atoms with Crippen molar-refractivity contribution in [2.24, 2.45) is 5.92 Å². The molecule has 25 heavy (non-hydrogen) atoms. The number of para-hydroxylation sites is 1. The minimum Gasteiger partial charge on any atom is -0.367 e. The Morgan fingerprint density at radius 2 is 1.88 bits per heavy atom. The molecule has 0 spiro atoms. The van der Waals surface area contributed by atoms with Crippen LogP contribution in [0, 0.1) is 5.92 Å². The van der Waals surface area contributed by atoms with E-state index in [1.807, 2.05) is 29.2 Å². The lowest BCUT2D eigenvalue weighted by Crippen LogP contribution is -2.49. The summed E-state index contributed by atoms with van der Waals surface area (Å²) in [6.45, 7) is 7.23. The number of amides is 2. The van der Waals surface area contributed by atoms with Gasteiger partial charge < -0.3 is 9.80 Å². The largest absolute Gasteiger partial charge is 0.367 e. The number of benzene rings is 1. The fourth-order valence-electron chi connectivity index (χ4n) is 2.89. The number of piperazine rings is 1. The zero-order chi connectivity index (χ0) is 18.2. The number of nitrogens with zero attached hydrogens (tertiary/aromatic N) is 2. The highest BCUT2D eigenvalue weighted by atomic mass is 16.5. The first-order valence-corrected chi connectivity index (χ1v) is 8.75. The Morgan fingerprint density at radius 1 is 1.20 bits per heavy atom. The molecule has 1 saturated heterocycles. The number of rotatable bonds is 6. The number of hydrogen-bond acceptors (Lipinski definition) is 4. The van der Waals surface area contributed by atoms with Gasteiger partial charge in [-0.2, -0.15) is 0 Å². The van der Waals surface area contributed by atoms with Crippen molar-refractivity contribution in [3.8, 4) is 0 Å². The predicted molar refractivity (Wildman–Crippen MR) is 98.3 cm³/mol. The molecule has 6 heteroatoms. The molecule has 0 saturated carbocycles. The zero-order valence-corrected chi connectivity index (χ0v) is 14.9. The summed E-state index contributed by atoms with van der Waals surface area (Å²) < 4.78 is 0. The van der Waals surface area contributed by atoms with Gasteiger partial charge in [-0.25, -0.2) is 5.48 Å². The van der Waals surface area contributed by atoms with Gasteiger partial charge in [0.2, 0.25) is 5.91 Å². The maximum absolute atomic E-state index is 12.3. The lowest BCUT2D eigenvalue weighted by Gasteiger charge is -2.37. The summed E-state index contributed by atoms with van der Waals surface area (Å²) in [5.74, 6) is 0.219. The maximum Gasteiger partial charge on any atom is 0.267 e. The van der Waals surface area contributed by atoms with E-state index in [1.54, 1.807) is 11.6 Å². The number of nitrogens with one attached hydrogen (secondary N) is 1. The molecule has 2 amide bonds. The fourth-order valence-corrected chi connectivity index (χ4v) is 2.89. The molecule has 1 aliphatic rings. The second-order valence-electron chi connectivity index (χ2n) is 6.67. The molecule has 1 fully saturated rings. The topological polar surface area (TPSA) is 72.9 Å². The second kappa shape index (κ2) is 9.22. The van der Waals surface area contributed by atoms with Crippen molar-refractivity contribution in [2.45, 2.75) is 26.7 Å². The minimum absolute atomic E-state index is 0.237. The molecule has 2 rings (SSSR count). The molecule has 1 aliphatic heterocycles. The lowest BCUT2D eigenvalue weighted by atomic mass is 10.1. The molecular weight excluding hydrogens is 318 g/mol. The first-order chi connectivity index (χ1) is 12.0. The first kappa shape index (κ1) is 19.0. The molecule has 2 N–H and O–H groups in total.